The van der Waals surface area contributed by atoms with Gasteiger partial charge in [0.1, 0.15) is 0 Å². The topological polar surface area (TPSA) is 42.0 Å². The molecule has 32 heavy (non-hydrogen) atoms. The number of aromatic nitrogens is 1. The maximum Gasteiger partial charge on any atom is 0.252 e. The van der Waals surface area contributed by atoms with Gasteiger partial charge >= 0.3 is 0 Å². The molecule has 1 amide bonds. The molecule has 3 aromatic carbocycles. The van der Waals surface area contributed by atoms with Crippen molar-refractivity contribution in [3.63, 3.8) is 0 Å². The number of carbonyl (C=O) groups excluding carboxylic acids is 1. The van der Waals surface area contributed by atoms with Crippen LogP contribution in [0.1, 0.15) is 46.3 Å². The van der Waals surface area contributed by atoms with Crippen LogP contribution in [0.2, 0.25) is 0 Å². The first-order chi connectivity index (χ1) is 15.5. The number of hydrogen-bond acceptors (Lipinski definition) is 2. The Morgan fingerprint density at radius 2 is 1.78 bits per heavy atom. The van der Waals surface area contributed by atoms with Crippen molar-refractivity contribution in [2.45, 2.75) is 33.1 Å². The summed E-state index contributed by atoms with van der Waals surface area (Å²) in [5.74, 6) is 0.212. The molecule has 1 N–H and O–H groups in total. The van der Waals surface area contributed by atoms with E-state index >= 15 is 0 Å². The van der Waals surface area contributed by atoms with Crippen molar-refractivity contribution >= 4 is 32.7 Å². The van der Waals surface area contributed by atoms with Crippen molar-refractivity contribution in [3.05, 3.63) is 99.5 Å². The average molecular weight is 487 g/mol. The molecule has 0 fully saturated rings. The second-order valence-electron chi connectivity index (χ2n) is 8.22. The monoisotopic (exact) mass is 486 g/mol. The van der Waals surface area contributed by atoms with Crippen LogP contribution in [0.4, 0.5) is 0 Å². The molecule has 162 valence electrons. The smallest absolute Gasteiger partial charge is 0.252 e. The molecule has 0 saturated heterocycles. The van der Waals surface area contributed by atoms with Gasteiger partial charge in [-0.2, -0.15) is 0 Å². The van der Waals surface area contributed by atoms with Crippen molar-refractivity contribution in [1.82, 2.24) is 10.3 Å². The van der Waals surface area contributed by atoms with Gasteiger partial charge in [-0.15, -0.1) is 0 Å². The molecule has 0 radical (unpaired) electrons. The predicted molar refractivity (Wildman–Crippen MR) is 136 cm³/mol. The number of fused-ring (bicyclic) bond motifs is 1. The number of nitrogens with one attached hydrogen (secondary N) is 1. The summed E-state index contributed by atoms with van der Waals surface area (Å²) in [6, 6.07) is 24.5. The van der Waals surface area contributed by atoms with E-state index in [1.54, 1.807) is 0 Å². The fourth-order valence-electron chi connectivity index (χ4n) is 4.23. The maximum absolute atomic E-state index is 13.5. The molecule has 0 aliphatic carbocycles. The molecule has 4 aromatic rings. The summed E-state index contributed by atoms with van der Waals surface area (Å²) in [5.41, 5.74) is 6.74. The predicted octanol–water partition coefficient (Wildman–Crippen LogP) is 7.20. The van der Waals surface area contributed by atoms with Crippen LogP contribution in [0.3, 0.4) is 0 Å². The van der Waals surface area contributed by atoms with Crippen LogP contribution in [0, 0.1) is 13.8 Å². The standard InChI is InChI=1S/C28H27BrN2O/c1-4-20(22-12-8-9-18(2)15-22)17-30-28(32)26-19(3)27(21-10-6-5-7-11-21)31-25-14-13-23(29)16-24(25)26/h5-16,20H,4,17H2,1-3H3,(H,30,32). The molecule has 0 saturated carbocycles. The number of pyridine rings is 1. The molecule has 1 heterocycles. The average Bonchev–Trinajstić information content (AvgIpc) is 2.79. The van der Waals surface area contributed by atoms with Crippen LogP contribution in [-0.4, -0.2) is 17.4 Å². The first-order valence-electron chi connectivity index (χ1n) is 11.0. The Hall–Kier alpha value is -2.98. The molecule has 4 rings (SSSR count). The van der Waals surface area contributed by atoms with E-state index in [1.165, 1.54) is 11.1 Å². The third-order valence-corrected chi connectivity index (χ3v) is 6.47. The molecule has 1 unspecified atom stereocenters. The van der Waals surface area contributed by atoms with E-state index in [1.807, 2.05) is 55.5 Å². The van der Waals surface area contributed by atoms with E-state index in [9.17, 15) is 4.79 Å². The normalized spacial score (nSPS) is 12.0. The van der Waals surface area contributed by atoms with Gasteiger partial charge in [-0.25, -0.2) is 4.98 Å². The Labute approximate surface area is 198 Å². The lowest BCUT2D eigenvalue weighted by molar-refractivity contribution is 0.0952. The first-order valence-corrected chi connectivity index (χ1v) is 11.8. The highest BCUT2D eigenvalue weighted by Gasteiger charge is 2.20. The van der Waals surface area contributed by atoms with E-state index < -0.39 is 0 Å². The zero-order chi connectivity index (χ0) is 22.7. The second kappa shape index (κ2) is 9.66. The van der Waals surface area contributed by atoms with Crippen LogP contribution in [0.5, 0.6) is 0 Å². The molecule has 3 nitrogen and oxygen atoms in total. The molecule has 0 bridgehead atoms. The van der Waals surface area contributed by atoms with E-state index in [0.717, 1.165) is 38.6 Å². The summed E-state index contributed by atoms with van der Waals surface area (Å²) in [6.07, 6.45) is 0.959. The number of halogens is 1. The highest BCUT2D eigenvalue weighted by atomic mass is 79.9. The van der Waals surface area contributed by atoms with E-state index in [0.29, 0.717) is 12.1 Å². The highest BCUT2D eigenvalue weighted by Crippen LogP contribution is 2.31. The van der Waals surface area contributed by atoms with E-state index in [4.69, 9.17) is 4.98 Å². The van der Waals surface area contributed by atoms with Crippen molar-refractivity contribution in [2.24, 2.45) is 0 Å². The number of hydrogen-bond donors (Lipinski definition) is 1. The third-order valence-electron chi connectivity index (χ3n) is 5.98. The Kier molecular flexibility index (Phi) is 6.71. The number of benzene rings is 3. The Bertz CT molecular complexity index is 1270. The largest absolute Gasteiger partial charge is 0.351 e. The molecule has 1 aromatic heterocycles. The van der Waals surface area contributed by atoms with Gasteiger partial charge in [0.25, 0.3) is 5.91 Å². The number of rotatable bonds is 6. The number of amides is 1. The quantitative estimate of drug-likeness (QED) is 0.312. The lowest BCUT2D eigenvalue weighted by atomic mass is 9.94. The number of carbonyl (C=O) groups is 1. The SMILES string of the molecule is CCC(CNC(=O)c1c(C)c(-c2ccccc2)nc2ccc(Br)cc12)c1cccc(C)c1. The fourth-order valence-corrected chi connectivity index (χ4v) is 4.59. The summed E-state index contributed by atoms with van der Waals surface area (Å²) in [4.78, 5) is 18.4. The lowest BCUT2D eigenvalue weighted by Crippen LogP contribution is -2.29. The molecule has 4 heteroatoms. The van der Waals surface area contributed by atoms with Crippen LogP contribution < -0.4 is 5.32 Å². The van der Waals surface area contributed by atoms with Crippen LogP contribution in [0.15, 0.2) is 77.3 Å². The van der Waals surface area contributed by atoms with E-state index in [-0.39, 0.29) is 11.8 Å². The van der Waals surface area contributed by atoms with Crippen LogP contribution >= 0.6 is 15.9 Å². The van der Waals surface area contributed by atoms with Gasteiger partial charge in [0.05, 0.1) is 16.8 Å². The van der Waals surface area contributed by atoms with Crippen molar-refractivity contribution in [1.29, 1.82) is 0 Å². The minimum Gasteiger partial charge on any atom is -0.351 e. The van der Waals surface area contributed by atoms with Crippen molar-refractivity contribution in [2.75, 3.05) is 6.54 Å². The maximum atomic E-state index is 13.5. The summed E-state index contributed by atoms with van der Waals surface area (Å²) < 4.78 is 0.930. The zero-order valence-corrected chi connectivity index (χ0v) is 20.2. The molecule has 0 aliphatic rings. The van der Waals surface area contributed by atoms with Gasteiger partial charge in [-0.05, 0) is 49.6 Å². The Balaban J connectivity index is 1.72. The number of nitrogens with zero attached hydrogens (tertiary/aromatic N) is 1. The first kappa shape index (κ1) is 22.2. The summed E-state index contributed by atoms with van der Waals surface area (Å²) in [6.45, 7) is 6.85. The highest BCUT2D eigenvalue weighted by molar-refractivity contribution is 9.10. The fraction of sp³-hybridized carbons (Fsp3) is 0.214. The van der Waals surface area contributed by atoms with Gasteiger partial charge in [-0.3, -0.25) is 4.79 Å². The Morgan fingerprint density at radius 3 is 2.50 bits per heavy atom. The molecule has 0 spiro atoms. The minimum absolute atomic E-state index is 0.0590. The number of aryl methyl sites for hydroxylation is 1. The van der Waals surface area contributed by atoms with Gasteiger partial charge in [0.2, 0.25) is 0 Å². The molecular formula is C28H27BrN2O. The minimum atomic E-state index is -0.0590. The van der Waals surface area contributed by atoms with Gasteiger partial charge in [0, 0.05) is 27.9 Å². The van der Waals surface area contributed by atoms with Gasteiger partial charge in [0.15, 0.2) is 0 Å². The van der Waals surface area contributed by atoms with Crippen molar-refractivity contribution in [3.8, 4) is 11.3 Å². The van der Waals surface area contributed by atoms with Gasteiger partial charge < -0.3 is 5.32 Å². The molecule has 1 atom stereocenters. The second-order valence-corrected chi connectivity index (χ2v) is 9.13. The molecule has 0 aliphatic heterocycles. The van der Waals surface area contributed by atoms with Gasteiger partial charge in [-0.1, -0.05) is 83.0 Å². The Morgan fingerprint density at radius 1 is 1.00 bits per heavy atom. The zero-order valence-electron chi connectivity index (χ0n) is 18.7. The van der Waals surface area contributed by atoms with E-state index in [2.05, 4.69) is 59.4 Å². The van der Waals surface area contributed by atoms with Crippen LogP contribution in [-0.2, 0) is 0 Å². The third kappa shape index (κ3) is 4.61. The summed E-state index contributed by atoms with van der Waals surface area (Å²) >= 11 is 3.55. The summed E-state index contributed by atoms with van der Waals surface area (Å²) in [5, 5.41) is 4.08. The molecular weight excluding hydrogens is 460 g/mol. The van der Waals surface area contributed by atoms with Crippen molar-refractivity contribution < 1.29 is 4.79 Å². The summed E-state index contributed by atoms with van der Waals surface area (Å²) in [7, 11) is 0. The van der Waals surface area contributed by atoms with Crippen LogP contribution in [0.25, 0.3) is 22.2 Å². The lowest BCUT2D eigenvalue weighted by Gasteiger charge is -2.19.